The molecule has 2 saturated heterocycles. The average Bonchev–Trinajstić information content (AvgIpc) is 3.53. The summed E-state index contributed by atoms with van der Waals surface area (Å²) in [4.78, 5) is 40.5. The van der Waals surface area contributed by atoms with E-state index in [0.29, 0.717) is 25.1 Å². The van der Waals surface area contributed by atoms with Crippen LogP contribution in [0.2, 0.25) is 0 Å². The number of rotatable bonds is 8. The lowest BCUT2D eigenvalue weighted by Gasteiger charge is -2.31. The number of carbonyl (C=O) groups is 3. The SMILES string of the molecule is CCn1c(CCC2CCCN2C(=O)C2CCCN2C(=O)CC(N)=O)cc2ccc(C(=N)N)cc21. The predicted octanol–water partition coefficient (Wildman–Crippen LogP) is 1.74. The van der Waals surface area contributed by atoms with Crippen LogP contribution in [0.1, 0.15) is 56.7 Å². The Hall–Kier alpha value is -3.36. The van der Waals surface area contributed by atoms with Crippen molar-refractivity contribution in [1.29, 1.82) is 5.41 Å². The number of fused-ring (bicyclic) bond motifs is 1. The minimum atomic E-state index is -0.663. The molecule has 1 aromatic carbocycles. The molecule has 0 saturated carbocycles. The molecular formula is C25H34N6O3. The average molecular weight is 467 g/mol. The van der Waals surface area contributed by atoms with Gasteiger partial charge in [0.15, 0.2) is 0 Å². The van der Waals surface area contributed by atoms with Crippen LogP contribution >= 0.6 is 0 Å². The van der Waals surface area contributed by atoms with Gasteiger partial charge < -0.3 is 25.8 Å². The minimum absolute atomic E-state index is 0.0000410. The first-order valence-electron chi connectivity index (χ1n) is 12.1. The molecule has 3 heterocycles. The third-order valence-electron chi connectivity index (χ3n) is 7.19. The molecule has 9 nitrogen and oxygen atoms in total. The number of aromatic nitrogens is 1. The van der Waals surface area contributed by atoms with Crippen LogP contribution < -0.4 is 11.5 Å². The fraction of sp³-hybridized carbons (Fsp3) is 0.520. The van der Waals surface area contributed by atoms with Crippen molar-refractivity contribution in [2.75, 3.05) is 13.1 Å². The zero-order valence-electron chi connectivity index (χ0n) is 19.8. The summed E-state index contributed by atoms with van der Waals surface area (Å²) in [7, 11) is 0. The van der Waals surface area contributed by atoms with Crippen LogP contribution in [0.25, 0.3) is 10.9 Å². The lowest BCUT2D eigenvalue weighted by atomic mass is 10.1. The molecule has 34 heavy (non-hydrogen) atoms. The second-order valence-corrected chi connectivity index (χ2v) is 9.32. The summed E-state index contributed by atoms with van der Waals surface area (Å²) in [6, 6.07) is 7.68. The van der Waals surface area contributed by atoms with Gasteiger partial charge in [-0.25, -0.2) is 0 Å². The lowest BCUT2D eigenvalue weighted by molar-refractivity contribution is -0.145. The van der Waals surface area contributed by atoms with Gasteiger partial charge in [-0.3, -0.25) is 19.8 Å². The predicted molar refractivity (Wildman–Crippen MR) is 130 cm³/mol. The number of hydrogen-bond donors (Lipinski definition) is 3. The van der Waals surface area contributed by atoms with Crippen molar-refractivity contribution in [2.24, 2.45) is 11.5 Å². The van der Waals surface area contributed by atoms with Gasteiger partial charge in [-0.05, 0) is 63.0 Å². The highest BCUT2D eigenvalue weighted by Gasteiger charge is 2.40. The molecule has 1 aromatic heterocycles. The van der Waals surface area contributed by atoms with Crippen molar-refractivity contribution in [1.82, 2.24) is 14.4 Å². The van der Waals surface area contributed by atoms with Gasteiger partial charge in [0.1, 0.15) is 18.3 Å². The van der Waals surface area contributed by atoms with Crippen molar-refractivity contribution >= 4 is 34.5 Å². The van der Waals surface area contributed by atoms with Crippen LogP contribution in [0.5, 0.6) is 0 Å². The number of benzene rings is 1. The highest BCUT2D eigenvalue weighted by molar-refractivity contribution is 5.99. The van der Waals surface area contributed by atoms with Crippen LogP contribution in [0.4, 0.5) is 0 Å². The first-order valence-corrected chi connectivity index (χ1v) is 12.1. The van der Waals surface area contributed by atoms with Gasteiger partial charge in [0.2, 0.25) is 17.7 Å². The van der Waals surface area contributed by atoms with Gasteiger partial charge >= 0.3 is 0 Å². The second-order valence-electron chi connectivity index (χ2n) is 9.32. The Balaban J connectivity index is 1.47. The van der Waals surface area contributed by atoms with Gasteiger partial charge in [-0.2, -0.15) is 0 Å². The van der Waals surface area contributed by atoms with E-state index in [0.717, 1.165) is 49.6 Å². The number of hydrogen-bond acceptors (Lipinski definition) is 4. The molecule has 9 heteroatoms. The number of amidine groups is 1. The summed E-state index contributed by atoms with van der Waals surface area (Å²) in [5.74, 6) is -0.956. The molecule has 2 unspecified atom stereocenters. The molecule has 0 radical (unpaired) electrons. The van der Waals surface area contributed by atoms with E-state index in [-0.39, 0.29) is 30.1 Å². The molecule has 2 aliphatic rings. The fourth-order valence-electron chi connectivity index (χ4n) is 5.56. The highest BCUT2D eigenvalue weighted by Crippen LogP contribution is 2.29. The monoisotopic (exact) mass is 466 g/mol. The Bertz CT molecular complexity index is 1120. The second kappa shape index (κ2) is 9.87. The highest BCUT2D eigenvalue weighted by atomic mass is 16.2. The first kappa shape index (κ1) is 23.8. The number of amides is 3. The Morgan fingerprint density at radius 3 is 2.50 bits per heavy atom. The molecule has 0 bridgehead atoms. The van der Waals surface area contributed by atoms with E-state index in [2.05, 4.69) is 17.6 Å². The fourth-order valence-corrected chi connectivity index (χ4v) is 5.56. The molecule has 2 atom stereocenters. The maximum Gasteiger partial charge on any atom is 0.245 e. The third kappa shape index (κ3) is 4.64. The number of nitrogen functional groups attached to an aromatic ring is 1. The van der Waals surface area contributed by atoms with E-state index >= 15 is 0 Å². The number of nitrogens with one attached hydrogen (secondary N) is 1. The summed E-state index contributed by atoms with van der Waals surface area (Å²) < 4.78 is 2.25. The molecule has 2 aromatic rings. The summed E-state index contributed by atoms with van der Waals surface area (Å²) in [5, 5.41) is 8.85. The Labute approximate surface area is 199 Å². The van der Waals surface area contributed by atoms with Crippen molar-refractivity contribution in [3.8, 4) is 0 Å². The van der Waals surface area contributed by atoms with Crippen LogP contribution in [-0.2, 0) is 27.3 Å². The third-order valence-corrected chi connectivity index (χ3v) is 7.19. The largest absolute Gasteiger partial charge is 0.384 e. The first-order chi connectivity index (χ1) is 16.3. The van der Waals surface area contributed by atoms with Gasteiger partial charge in [-0.1, -0.05) is 12.1 Å². The van der Waals surface area contributed by atoms with E-state index in [1.165, 1.54) is 5.69 Å². The number of likely N-dealkylation sites (tertiary alicyclic amines) is 2. The normalized spacial score (nSPS) is 20.3. The number of primary amides is 1. The standard InChI is InChI=1S/C25H34N6O3/c1-2-29-19(13-16-7-8-17(24(27)28)14-21(16)29)10-9-18-5-3-11-30(18)25(34)20-6-4-12-31(20)23(33)15-22(26)32/h7-8,13-14,18,20H,2-6,9-12,15H2,1H3,(H2,26,32)(H3,27,28). The zero-order valence-corrected chi connectivity index (χ0v) is 19.8. The number of nitrogens with zero attached hydrogens (tertiary/aromatic N) is 3. The molecule has 3 amide bonds. The van der Waals surface area contributed by atoms with Crippen molar-refractivity contribution < 1.29 is 14.4 Å². The van der Waals surface area contributed by atoms with Gasteiger partial charge in [0, 0.05) is 42.5 Å². The van der Waals surface area contributed by atoms with Crippen LogP contribution in [0.15, 0.2) is 24.3 Å². The Morgan fingerprint density at radius 1 is 1.06 bits per heavy atom. The number of aryl methyl sites for hydroxylation is 2. The van der Waals surface area contributed by atoms with E-state index in [1.54, 1.807) is 4.90 Å². The molecule has 2 fully saturated rings. The molecule has 0 spiro atoms. The maximum atomic E-state index is 13.4. The number of nitrogens with two attached hydrogens (primary N) is 2. The molecule has 5 N–H and O–H groups in total. The molecule has 4 rings (SSSR count). The topological polar surface area (TPSA) is 139 Å². The summed E-state index contributed by atoms with van der Waals surface area (Å²) >= 11 is 0. The van der Waals surface area contributed by atoms with E-state index in [4.69, 9.17) is 16.9 Å². The maximum absolute atomic E-state index is 13.4. The van der Waals surface area contributed by atoms with Gasteiger partial charge in [0.25, 0.3) is 0 Å². The molecule has 0 aliphatic carbocycles. The Morgan fingerprint density at radius 2 is 1.79 bits per heavy atom. The zero-order chi connectivity index (χ0) is 24.4. The molecule has 182 valence electrons. The van der Waals surface area contributed by atoms with Gasteiger partial charge in [0.05, 0.1) is 0 Å². The molecule has 2 aliphatic heterocycles. The molecular weight excluding hydrogens is 432 g/mol. The van der Waals surface area contributed by atoms with Crippen LogP contribution in [0, 0.1) is 5.41 Å². The quantitative estimate of drug-likeness (QED) is 0.310. The van der Waals surface area contributed by atoms with Crippen LogP contribution in [0.3, 0.4) is 0 Å². The van der Waals surface area contributed by atoms with Crippen LogP contribution in [-0.4, -0.2) is 63.1 Å². The van der Waals surface area contributed by atoms with E-state index in [1.807, 2.05) is 23.1 Å². The summed E-state index contributed by atoms with van der Waals surface area (Å²) in [5.41, 5.74) is 13.9. The number of carbonyl (C=O) groups excluding carboxylic acids is 3. The van der Waals surface area contributed by atoms with Crippen molar-refractivity contribution in [2.45, 2.75) is 70.5 Å². The van der Waals surface area contributed by atoms with Crippen molar-refractivity contribution in [3.63, 3.8) is 0 Å². The van der Waals surface area contributed by atoms with Crippen molar-refractivity contribution in [3.05, 3.63) is 35.5 Å². The summed E-state index contributed by atoms with van der Waals surface area (Å²) in [6.07, 6.45) is 4.64. The van der Waals surface area contributed by atoms with E-state index in [9.17, 15) is 14.4 Å². The van der Waals surface area contributed by atoms with Gasteiger partial charge in [-0.15, -0.1) is 0 Å². The summed E-state index contributed by atoms with van der Waals surface area (Å²) in [6.45, 7) is 4.12. The smallest absolute Gasteiger partial charge is 0.245 e. The minimum Gasteiger partial charge on any atom is -0.384 e. The van der Waals surface area contributed by atoms with E-state index < -0.39 is 11.9 Å². The Kier molecular flexibility index (Phi) is 6.90. The lowest BCUT2D eigenvalue weighted by Crippen LogP contribution is -2.49.